The van der Waals surface area contributed by atoms with E-state index in [-0.39, 0.29) is 18.4 Å². The van der Waals surface area contributed by atoms with Crippen molar-refractivity contribution in [3.8, 4) is 0 Å². The molecule has 0 radical (unpaired) electrons. The molecule has 1 aromatic carbocycles. The monoisotopic (exact) mass is 342 g/mol. The molecule has 0 saturated carbocycles. The SMILES string of the molecule is CC(C)(C)c1ccc(C(=O)NCC(=O)N2CC[C@@H]2C(F)(F)F)cc1. The average molecular weight is 342 g/mol. The first-order valence-corrected chi connectivity index (χ1v) is 7.75. The minimum absolute atomic E-state index is 0.0465. The van der Waals surface area contributed by atoms with Gasteiger partial charge in [-0.05, 0) is 29.5 Å². The molecule has 132 valence electrons. The zero-order valence-electron chi connectivity index (χ0n) is 13.9. The minimum Gasteiger partial charge on any atom is -0.343 e. The molecule has 1 fully saturated rings. The summed E-state index contributed by atoms with van der Waals surface area (Å²) in [4.78, 5) is 24.6. The van der Waals surface area contributed by atoms with Crippen LogP contribution in [0.1, 0.15) is 43.1 Å². The first kappa shape index (κ1) is 18.3. The van der Waals surface area contributed by atoms with Crippen LogP contribution in [0.15, 0.2) is 24.3 Å². The standard InChI is InChI=1S/C17H21F3N2O2/c1-16(2,3)12-6-4-11(5-7-12)15(24)21-10-14(23)22-9-8-13(22)17(18,19)20/h4-7,13H,8-10H2,1-3H3,(H,21,24)/t13-/m1/s1. The van der Waals surface area contributed by atoms with Crippen molar-refractivity contribution in [2.75, 3.05) is 13.1 Å². The van der Waals surface area contributed by atoms with Crippen molar-refractivity contribution in [3.05, 3.63) is 35.4 Å². The Balaban J connectivity index is 1.90. The van der Waals surface area contributed by atoms with Gasteiger partial charge in [0.05, 0.1) is 6.54 Å². The van der Waals surface area contributed by atoms with Gasteiger partial charge in [0.1, 0.15) is 6.04 Å². The summed E-state index contributed by atoms with van der Waals surface area (Å²) in [5.74, 6) is -1.20. The van der Waals surface area contributed by atoms with Crippen LogP contribution in [0.2, 0.25) is 0 Å². The van der Waals surface area contributed by atoms with E-state index in [0.29, 0.717) is 5.56 Å². The van der Waals surface area contributed by atoms with Gasteiger partial charge in [0, 0.05) is 12.1 Å². The molecule has 1 N–H and O–H groups in total. The molecule has 0 spiro atoms. The maximum absolute atomic E-state index is 12.6. The molecule has 1 heterocycles. The molecule has 1 aromatic rings. The fourth-order valence-electron chi connectivity index (χ4n) is 2.51. The molecule has 24 heavy (non-hydrogen) atoms. The Kier molecular flexibility index (Phi) is 4.92. The summed E-state index contributed by atoms with van der Waals surface area (Å²) in [6, 6.07) is 5.20. The van der Waals surface area contributed by atoms with Crippen LogP contribution in [0.5, 0.6) is 0 Å². The summed E-state index contributed by atoms with van der Waals surface area (Å²) >= 11 is 0. The van der Waals surface area contributed by atoms with Crippen molar-refractivity contribution in [1.29, 1.82) is 0 Å². The van der Waals surface area contributed by atoms with Gasteiger partial charge in [-0.3, -0.25) is 9.59 Å². The quantitative estimate of drug-likeness (QED) is 0.918. The fraction of sp³-hybridized carbons (Fsp3) is 0.529. The molecule has 1 aliphatic heterocycles. The number of halogens is 3. The smallest absolute Gasteiger partial charge is 0.343 e. The van der Waals surface area contributed by atoms with Crippen LogP contribution in [0.25, 0.3) is 0 Å². The highest BCUT2D eigenvalue weighted by molar-refractivity contribution is 5.96. The van der Waals surface area contributed by atoms with Crippen LogP contribution < -0.4 is 5.32 Å². The molecule has 1 saturated heterocycles. The van der Waals surface area contributed by atoms with Crippen molar-refractivity contribution < 1.29 is 22.8 Å². The minimum atomic E-state index is -4.42. The van der Waals surface area contributed by atoms with Crippen LogP contribution in [-0.4, -0.2) is 42.0 Å². The van der Waals surface area contributed by atoms with E-state index in [9.17, 15) is 22.8 Å². The van der Waals surface area contributed by atoms with Gasteiger partial charge in [-0.2, -0.15) is 13.2 Å². The molecule has 0 unspecified atom stereocenters. The van der Waals surface area contributed by atoms with E-state index in [2.05, 4.69) is 5.32 Å². The van der Waals surface area contributed by atoms with Crippen molar-refractivity contribution in [2.45, 2.75) is 44.8 Å². The maximum atomic E-state index is 12.6. The summed E-state index contributed by atoms with van der Waals surface area (Å²) < 4.78 is 37.9. The number of alkyl halides is 3. The lowest BCUT2D eigenvalue weighted by Gasteiger charge is -2.41. The van der Waals surface area contributed by atoms with Gasteiger partial charge in [-0.1, -0.05) is 32.9 Å². The average Bonchev–Trinajstić information content (AvgIpc) is 2.41. The lowest BCUT2D eigenvalue weighted by molar-refractivity contribution is -0.211. The molecule has 2 amide bonds. The van der Waals surface area contributed by atoms with Crippen molar-refractivity contribution in [1.82, 2.24) is 10.2 Å². The molecule has 2 rings (SSSR count). The third-order valence-electron chi connectivity index (χ3n) is 4.13. The Morgan fingerprint density at radius 1 is 1.17 bits per heavy atom. The highest BCUT2D eigenvalue weighted by Crippen LogP contribution is 2.33. The first-order chi connectivity index (χ1) is 11.0. The van der Waals surface area contributed by atoms with Gasteiger partial charge in [-0.25, -0.2) is 0 Å². The molecular weight excluding hydrogens is 321 g/mol. The number of nitrogens with one attached hydrogen (secondary N) is 1. The second kappa shape index (κ2) is 6.45. The van der Waals surface area contributed by atoms with E-state index < -0.39 is 30.6 Å². The molecule has 0 aromatic heterocycles. The number of rotatable bonds is 3. The highest BCUT2D eigenvalue weighted by Gasteiger charge is 2.50. The molecule has 1 aliphatic rings. The summed E-state index contributed by atoms with van der Waals surface area (Å²) in [5.41, 5.74) is 1.38. The van der Waals surface area contributed by atoms with Crippen molar-refractivity contribution >= 4 is 11.8 Å². The topological polar surface area (TPSA) is 49.4 Å². The van der Waals surface area contributed by atoms with E-state index in [0.717, 1.165) is 10.5 Å². The van der Waals surface area contributed by atoms with Crippen LogP contribution in [0.3, 0.4) is 0 Å². The van der Waals surface area contributed by atoms with Crippen molar-refractivity contribution in [2.24, 2.45) is 0 Å². The normalized spacial score (nSPS) is 18.1. The third kappa shape index (κ3) is 4.07. The lowest BCUT2D eigenvalue weighted by atomic mass is 9.87. The molecule has 7 heteroatoms. The van der Waals surface area contributed by atoms with Gasteiger partial charge < -0.3 is 10.2 Å². The van der Waals surface area contributed by atoms with E-state index in [1.807, 2.05) is 32.9 Å². The molecule has 4 nitrogen and oxygen atoms in total. The Labute approximate surface area is 139 Å². The van der Waals surface area contributed by atoms with Gasteiger partial charge >= 0.3 is 6.18 Å². The molecule has 0 aliphatic carbocycles. The summed E-state index contributed by atoms with van der Waals surface area (Å²) in [5, 5.41) is 2.38. The van der Waals surface area contributed by atoms with Gasteiger partial charge in [0.25, 0.3) is 5.91 Å². The van der Waals surface area contributed by atoms with Crippen LogP contribution in [0.4, 0.5) is 13.2 Å². The van der Waals surface area contributed by atoms with E-state index in [1.165, 1.54) is 0 Å². The van der Waals surface area contributed by atoms with Crippen LogP contribution in [0, 0.1) is 0 Å². The van der Waals surface area contributed by atoms with Crippen molar-refractivity contribution in [3.63, 3.8) is 0 Å². The number of hydrogen-bond acceptors (Lipinski definition) is 2. The number of likely N-dealkylation sites (tertiary alicyclic amines) is 1. The molecule has 1 atom stereocenters. The number of carbonyl (C=O) groups excluding carboxylic acids is 2. The fourth-order valence-corrected chi connectivity index (χ4v) is 2.51. The Hall–Kier alpha value is -2.05. The van der Waals surface area contributed by atoms with Crippen LogP contribution in [-0.2, 0) is 10.2 Å². The summed E-state index contributed by atoms with van der Waals surface area (Å²) in [6.07, 6.45) is -4.50. The Bertz CT molecular complexity index is 618. The number of hydrogen-bond donors (Lipinski definition) is 1. The van der Waals surface area contributed by atoms with E-state index >= 15 is 0 Å². The summed E-state index contributed by atoms with van der Waals surface area (Å²) in [6.45, 7) is 5.77. The number of nitrogens with zero attached hydrogens (tertiary/aromatic N) is 1. The zero-order valence-corrected chi connectivity index (χ0v) is 13.9. The second-order valence-electron chi connectivity index (χ2n) is 6.94. The first-order valence-electron chi connectivity index (χ1n) is 7.75. The predicted molar refractivity (Wildman–Crippen MR) is 83.6 cm³/mol. The Morgan fingerprint density at radius 3 is 2.17 bits per heavy atom. The van der Waals surface area contributed by atoms with Gasteiger partial charge in [-0.15, -0.1) is 0 Å². The summed E-state index contributed by atoms with van der Waals surface area (Å²) in [7, 11) is 0. The zero-order chi connectivity index (χ0) is 18.1. The number of amides is 2. The van der Waals surface area contributed by atoms with E-state index in [1.54, 1.807) is 12.1 Å². The molecular formula is C17H21F3N2O2. The predicted octanol–water partition coefficient (Wildman–Crippen LogP) is 2.88. The largest absolute Gasteiger partial charge is 0.408 e. The van der Waals surface area contributed by atoms with Gasteiger partial charge in [0.2, 0.25) is 5.91 Å². The molecule has 0 bridgehead atoms. The Morgan fingerprint density at radius 2 is 1.75 bits per heavy atom. The number of carbonyl (C=O) groups is 2. The van der Waals surface area contributed by atoms with E-state index in [4.69, 9.17) is 0 Å². The van der Waals surface area contributed by atoms with Crippen LogP contribution >= 0.6 is 0 Å². The van der Waals surface area contributed by atoms with Gasteiger partial charge in [0.15, 0.2) is 0 Å². The maximum Gasteiger partial charge on any atom is 0.408 e. The lowest BCUT2D eigenvalue weighted by Crippen LogP contribution is -2.60. The second-order valence-corrected chi connectivity index (χ2v) is 6.94. The number of benzene rings is 1. The third-order valence-corrected chi connectivity index (χ3v) is 4.13. The highest BCUT2D eigenvalue weighted by atomic mass is 19.4.